The van der Waals surface area contributed by atoms with Gasteiger partial charge in [0.05, 0.1) is 12.8 Å². The third kappa shape index (κ3) is 5.31. The van der Waals surface area contributed by atoms with Crippen molar-refractivity contribution in [3.63, 3.8) is 0 Å². The molecule has 17 heavy (non-hydrogen) atoms. The molecule has 1 aromatic carbocycles. The summed E-state index contributed by atoms with van der Waals surface area (Å²) in [7, 11) is 0. The summed E-state index contributed by atoms with van der Waals surface area (Å²) in [5.74, 6) is 0.814. The molecular formula is C12H17N3OS. The van der Waals surface area contributed by atoms with E-state index in [-0.39, 0.29) is 5.11 Å². The lowest BCUT2D eigenvalue weighted by atomic mass is 10.2. The smallest absolute Gasteiger partial charge is 0.184 e. The Hall–Kier alpha value is -1.62. The number of benzene rings is 1. The van der Waals surface area contributed by atoms with Crippen molar-refractivity contribution in [3.05, 3.63) is 29.8 Å². The Morgan fingerprint density at radius 2 is 2.29 bits per heavy atom. The third-order valence-electron chi connectivity index (χ3n) is 2.05. The van der Waals surface area contributed by atoms with E-state index in [2.05, 4.69) is 29.7 Å². The SMILES string of the molecule is CCCCOc1ccccc1/C=N/NC(N)=S. The van der Waals surface area contributed by atoms with Crippen molar-refractivity contribution in [3.8, 4) is 5.75 Å². The lowest BCUT2D eigenvalue weighted by Gasteiger charge is -2.07. The van der Waals surface area contributed by atoms with E-state index in [9.17, 15) is 0 Å². The second-order valence-electron chi connectivity index (χ2n) is 3.47. The Balaban J connectivity index is 2.63. The molecule has 0 aliphatic rings. The van der Waals surface area contributed by atoms with Gasteiger partial charge in [0.1, 0.15) is 5.75 Å². The van der Waals surface area contributed by atoms with Crippen LogP contribution in [0.1, 0.15) is 25.3 Å². The summed E-state index contributed by atoms with van der Waals surface area (Å²) < 4.78 is 5.65. The fourth-order valence-corrected chi connectivity index (χ4v) is 1.26. The van der Waals surface area contributed by atoms with Gasteiger partial charge in [0.15, 0.2) is 5.11 Å². The van der Waals surface area contributed by atoms with Crippen LogP contribution in [0.3, 0.4) is 0 Å². The number of ether oxygens (including phenoxy) is 1. The van der Waals surface area contributed by atoms with E-state index < -0.39 is 0 Å². The van der Waals surface area contributed by atoms with Crippen LogP contribution >= 0.6 is 12.2 Å². The number of hydrogen-bond donors (Lipinski definition) is 2. The zero-order valence-electron chi connectivity index (χ0n) is 9.85. The van der Waals surface area contributed by atoms with E-state index in [1.54, 1.807) is 6.21 Å². The third-order valence-corrected chi connectivity index (χ3v) is 2.14. The quantitative estimate of drug-likeness (QED) is 0.351. The van der Waals surface area contributed by atoms with Gasteiger partial charge in [-0.2, -0.15) is 5.10 Å². The van der Waals surface area contributed by atoms with E-state index in [4.69, 9.17) is 10.5 Å². The molecule has 0 aliphatic carbocycles. The molecular weight excluding hydrogens is 234 g/mol. The number of nitrogens with two attached hydrogens (primary N) is 1. The number of unbranched alkanes of at least 4 members (excludes halogenated alkanes) is 1. The van der Waals surface area contributed by atoms with E-state index in [1.807, 2.05) is 24.3 Å². The molecule has 0 saturated carbocycles. The van der Waals surface area contributed by atoms with Crippen molar-refractivity contribution in [2.24, 2.45) is 10.8 Å². The van der Waals surface area contributed by atoms with E-state index in [0.29, 0.717) is 6.61 Å². The number of rotatable bonds is 6. The van der Waals surface area contributed by atoms with Crippen LogP contribution in [-0.2, 0) is 0 Å². The lowest BCUT2D eigenvalue weighted by molar-refractivity contribution is 0.309. The van der Waals surface area contributed by atoms with Crippen molar-refractivity contribution >= 4 is 23.5 Å². The van der Waals surface area contributed by atoms with Gasteiger partial charge in [-0.3, -0.25) is 5.43 Å². The molecule has 1 rings (SSSR count). The first kappa shape index (κ1) is 13.4. The highest BCUT2D eigenvalue weighted by molar-refractivity contribution is 7.80. The topological polar surface area (TPSA) is 59.6 Å². The van der Waals surface area contributed by atoms with Crippen molar-refractivity contribution in [2.75, 3.05) is 6.61 Å². The molecule has 3 N–H and O–H groups in total. The molecule has 0 fully saturated rings. The van der Waals surface area contributed by atoms with Crippen LogP contribution in [0.5, 0.6) is 5.75 Å². The number of thiocarbonyl (C=S) groups is 1. The number of hydrazone groups is 1. The fraction of sp³-hybridized carbons (Fsp3) is 0.333. The highest BCUT2D eigenvalue weighted by atomic mass is 32.1. The summed E-state index contributed by atoms with van der Waals surface area (Å²) in [5, 5.41) is 4.05. The normalized spacial score (nSPS) is 10.4. The Kier molecular flexibility index (Phi) is 6.03. The molecule has 1 aromatic rings. The van der Waals surface area contributed by atoms with Crippen LogP contribution in [0.15, 0.2) is 29.4 Å². The first-order valence-electron chi connectivity index (χ1n) is 5.54. The molecule has 0 heterocycles. The average molecular weight is 251 g/mol. The maximum Gasteiger partial charge on any atom is 0.184 e. The minimum atomic E-state index is 0.144. The zero-order valence-corrected chi connectivity index (χ0v) is 10.7. The van der Waals surface area contributed by atoms with Crippen molar-refractivity contribution in [1.29, 1.82) is 0 Å². The Morgan fingerprint density at radius 3 is 3.00 bits per heavy atom. The van der Waals surface area contributed by atoms with Crippen LogP contribution in [0.4, 0.5) is 0 Å². The molecule has 0 bridgehead atoms. The second kappa shape index (κ2) is 7.62. The number of hydrogen-bond acceptors (Lipinski definition) is 3. The molecule has 0 aromatic heterocycles. The summed E-state index contributed by atoms with van der Waals surface area (Å²) in [6, 6.07) is 7.69. The fourth-order valence-electron chi connectivity index (χ4n) is 1.21. The minimum Gasteiger partial charge on any atom is -0.493 e. The standard InChI is InChI=1S/C12H17N3OS/c1-2-3-8-16-11-7-5-4-6-10(11)9-14-15-12(13)17/h4-7,9H,2-3,8H2,1H3,(H3,13,15,17)/b14-9+. The van der Waals surface area contributed by atoms with Gasteiger partial charge in [0.2, 0.25) is 0 Å². The summed E-state index contributed by atoms with van der Waals surface area (Å²) >= 11 is 4.65. The molecule has 0 spiro atoms. The minimum absolute atomic E-state index is 0.144. The monoisotopic (exact) mass is 251 g/mol. The van der Waals surface area contributed by atoms with Crippen LogP contribution < -0.4 is 15.9 Å². The highest BCUT2D eigenvalue weighted by Crippen LogP contribution is 2.16. The Labute approximate surface area is 107 Å². The number of nitrogens with zero attached hydrogens (tertiary/aromatic N) is 1. The number of para-hydroxylation sites is 1. The summed E-state index contributed by atoms with van der Waals surface area (Å²) in [5.41, 5.74) is 8.68. The molecule has 0 radical (unpaired) electrons. The second-order valence-corrected chi connectivity index (χ2v) is 3.91. The van der Waals surface area contributed by atoms with Gasteiger partial charge in [-0.1, -0.05) is 25.5 Å². The summed E-state index contributed by atoms with van der Waals surface area (Å²) in [6.07, 6.45) is 3.79. The molecule has 0 unspecified atom stereocenters. The molecule has 0 amide bonds. The van der Waals surface area contributed by atoms with Crippen molar-refractivity contribution in [2.45, 2.75) is 19.8 Å². The van der Waals surface area contributed by atoms with Gasteiger partial charge in [0.25, 0.3) is 0 Å². The van der Waals surface area contributed by atoms with Crippen LogP contribution in [0, 0.1) is 0 Å². The molecule has 0 saturated heterocycles. The van der Waals surface area contributed by atoms with Gasteiger partial charge in [-0.05, 0) is 30.8 Å². The molecule has 4 nitrogen and oxygen atoms in total. The van der Waals surface area contributed by atoms with Crippen molar-refractivity contribution < 1.29 is 4.74 Å². The van der Waals surface area contributed by atoms with Gasteiger partial charge >= 0.3 is 0 Å². The zero-order chi connectivity index (χ0) is 12.5. The first-order chi connectivity index (χ1) is 8.24. The predicted molar refractivity (Wildman–Crippen MR) is 74.4 cm³/mol. The average Bonchev–Trinajstić information content (AvgIpc) is 2.31. The van der Waals surface area contributed by atoms with E-state index >= 15 is 0 Å². The van der Waals surface area contributed by atoms with Crippen LogP contribution in [0.25, 0.3) is 0 Å². The van der Waals surface area contributed by atoms with Gasteiger partial charge < -0.3 is 10.5 Å². The number of nitrogens with one attached hydrogen (secondary N) is 1. The first-order valence-corrected chi connectivity index (χ1v) is 5.95. The van der Waals surface area contributed by atoms with Gasteiger partial charge in [0, 0.05) is 5.56 Å². The van der Waals surface area contributed by atoms with E-state index in [0.717, 1.165) is 24.2 Å². The Bertz CT molecular complexity index is 393. The molecule has 5 heteroatoms. The highest BCUT2D eigenvalue weighted by Gasteiger charge is 1.99. The Morgan fingerprint density at radius 1 is 1.53 bits per heavy atom. The van der Waals surface area contributed by atoms with Crippen molar-refractivity contribution in [1.82, 2.24) is 5.43 Å². The maximum absolute atomic E-state index is 5.65. The molecule has 0 atom stereocenters. The molecule has 92 valence electrons. The predicted octanol–water partition coefficient (Wildman–Crippen LogP) is 2.03. The van der Waals surface area contributed by atoms with Crippen LogP contribution in [-0.4, -0.2) is 17.9 Å². The van der Waals surface area contributed by atoms with E-state index in [1.165, 1.54) is 0 Å². The largest absolute Gasteiger partial charge is 0.493 e. The molecule has 0 aliphatic heterocycles. The summed E-state index contributed by atoms with van der Waals surface area (Å²) in [4.78, 5) is 0. The summed E-state index contributed by atoms with van der Waals surface area (Å²) in [6.45, 7) is 2.84. The maximum atomic E-state index is 5.65. The lowest BCUT2D eigenvalue weighted by Crippen LogP contribution is -2.24. The van der Waals surface area contributed by atoms with Gasteiger partial charge in [-0.25, -0.2) is 0 Å². The van der Waals surface area contributed by atoms with Crippen LogP contribution in [0.2, 0.25) is 0 Å². The van der Waals surface area contributed by atoms with Gasteiger partial charge in [-0.15, -0.1) is 0 Å².